The summed E-state index contributed by atoms with van der Waals surface area (Å²) in [5.74, 6) is -3.66. The average molecular weight is 194 g/mol. The number of ether oxygens (including phenoxy) is 1. The first-order valence-electron chi connectivity index (χ1n) is 2.69. The predicted molar refractivity (Wildman–Crippen MR) is 28.6 cm³/mol. The molecule has 0 bridgehead atoms. The molecule has 3 nitrogen and oxygen atoms in total. The van der Waals surface area contributed by atoms with E-state index >= 15 is 0 Å². The number of carbonyl (C=O) groups is 2. The maximum absolute atomic E-state index is 11.3. The molecule has 66 valence electrons. The van der Waals surface area contributed by atoms with Crippen molar-refractivity contribution in [3.8, 4) is 0 Å². The molecule has 0 aliphatic rings. The van der Waals surface area contributed by atoms with Gasteiger partial charge in [0.15, 0.2) is 0 Å². The van der Waals surface area contributed by atoms with Crippen molar-refractivity contribution in [3.05, 3.63) is 0 Å². The van der Waals surface area contributed by atoms with Crippen LogP contribution in [0.5, 0.6) is 0 Å². The Kier molecular flexibility index (Phi) is 6.69. The van der Waals surface area contributed by atoms with E-state index in [1.165, 1.54) is 6.92 Å². The number of alkyl halides is 3. The van der Waals surface area contributed by atoms with Gasteiger partial charge in [0.25, 0.3) is 0 Å². The minimum atomic E-state index is -5.09. The van der Waals surface area contributed by atoms with Gasteiger partial charge in [-0.25, -0.2) is 4.79 Å². The largest absolute Gasteiger partial charge is 1.00 e. The van der Waals surface area contributed by atoms with E-state index in [2.05, 4.69) is 4.74 Å². The minimum absolute atomic E-state index is 0. The van der Waals surface area contributed by atoms with Gasteiger partial charge in [-0.2, -0.15) is 13.2 Å². The molecular formula is C5H6F3NaO3. The number of esters is 2. The molecular weight excluding hydrogens is 188 g/mol. The molecule has 0 atom stereocenters. The second kappa shape index (κ2) is 5.55. The van der Waals surface area contributed by atoms with Crippen LogP contribution in [0, 0.1) is 0 Å². The Labute approximate surface area is 90.0 Å². The summed E-state index contributed by atoms with van der Waals surface area (Å²) in [6.45, 7) is 1.28. The molecule has 0 fully saturated rings. The molecule has 0 saturated carbocycles. The molecule has 0 aromatic rings. The molecule has 0 amide bonds. The molecule has 0 heterocycles. The summed E-state index contributed by atoms with van der Waals surface area (Å²) in [6.07, 6.45) is -5.35. The third-order valence-electron chi connectivity index (χ3n) is 0.727. The number of rotatable bonds is 1. The van der Waals surface area contributed by atoms with Crippen LogP contribution >= 0.6 is 0 Å². The first-order chi connectivity index (χ1) is 4.88. The third-order valence-corrected chi connectivity index (χ3v) is 0.727. The average Bonchev–Trinajstić information content (AvgIpc) is 1.85. The zero-order valence-corrected chi connectivity index (χ0v) is 8.57. The minimum Gasteiger partial charge on any atom is -1.00 e. The van der Waals surface area contributed by atoms with E-state index in [-0.39, 0.29) is 37.4 Å². The van der Waals surface area contributed by atoms with Gasteiger partial charge >= 0.3 is 47.7 Å². The molecule has 0 aliphatic heterocycles. The first-order valence-corrected chi connectivity index (χ1v) is 2.69. The van der Waals surface area contributed by atoms with Gasteiger partial charge in [0.1, 0.15) is 0 Å². The van der Waals surface area contributed by atoms with E-state index in [0.29, 0.717) is 0 Å². The van der Waals surface area contributed by atoms with Crippen LogP contribution in [0.3, 0.4) is 0 Å². The number of carbonyl (C=O) groups excluding carboxylic acids is 2. The van der Waals surface area contributed by atoms with Gasteiger partial charge in [0.05, 0.1) is 0 Å². The fourth-order valence-electron chi connectivity index (χ4n) is 0.233. The van der Waals surface area contributed by atoms with Crippen LogP contribution in [-0.2, 0) is 14.3 Å². The fraction of sp³-hybridized carbons (Fsp3) is 0.600. The van der Waals surface area contributed by atoms with Crippen molar-refractivity contribution in [1.82, 2.24) is 0 Å². The second-order valence-electron chi connectivity index (χ2n) is 1.61. The summed E-state index contributed by atoms with van der Waals surface area (Å²) >= 11 is 0. The Bertz CT molecular complexity index is 182. The monoisotopic (exact) mass is 194 g/mol. The van der Waals surface area contributed by atoms with Crippen molar-refractivity contribution in [3.63, 3.8) is 0 Å². The summed E-state index contributed by atoms with van der Waals surface area (Å²) in [5.41, 5.74) is 0. The number of hydrogen-bond donors (Lipinski definition) is 0. The molecule has 0 N–H and O–H groups in total. The van der Waals surface area contributed by atoms with Crippen LogP contribution in [0.25, 0.3) is 0 Å². The van der Waals surface area contributed by atoms with Gasteiger partial charge in [-0.3, -0.25) is 4.79 Å². The van der Waals surface area contributed by atoms with Crippen molar-refractivity contribution in [2.45, 2.75) is 19.5 Å². The molecule has 7 heteroatoms. The van der Waals surface area contributed by atoms with E-state index in [9.17, 15) is 22.8 Å². The summed E-state index contributed by atoms with van der Waals surface area (Å²) in [7, 11) is 0. The summed E-state index contributed by atoms with van der Waals surface area (Å²) < 4.78 is 37.3. The van der Waals surface area contributed by atoms with E-state index in [0.717, 1.165) is 0 Å². The van der Waals surface area contributed by atoms with Crippen molar-refractivity contribution in [2.24, 2.45) is 0 Å². The summed E-state index contributed by atoms with van der Waals surface area (Å²) in [5, 5.41) is 0. The van der Waals surface area contributed by atoms with Crippen LogP contribution in [0.2, 0.25) is 0 Å². The van der Waals surface area contributed by atoms with Crippen LogP contribution in [0.1, 0.15) is 14.8 Å². The topological polar surface area (TPSA) is 43.4 Å². The van der Waals surface area contributed by atoms with Crippen molar-refractivity contribution in [2.75, 3.05) is 0 Å². The van der Waals surface area contributed by atoms with Gasteiger partial charge in [-0.1, -0.05) is 6.92 Å². The Morgan fingerprint density at radius 2 is 1.83 bits per heavy atom. The Morgan fingerprint density at radius 3 is 2.08 bits per heavy atom. The third kappa shape index (κ3) is 5.56. The van der Waals surface area contributed by atoms with Crippen LogP contribution in [0.15, 0.2) is 0 Å². The van der Waals surface area contributed by atoms with E-state index < -0.39 is 18.1 Å². The molecule has 0 aromatic heterocycles. The Hall–Kier alpha value is -0.0700. The molecule has 0 spiro atoms. The molecule has 0 saturated heterocycles. The molecule has 0 rings (SSSR count). The van der Waals surface area contributed by atoms with Gasteiger partial charge in [-0.15, -0.1) is 0 Å². The Balaban J connectivity index is -0.000000500. The smallest absolute Gasteiger partial charge is 1.00 e. The van der Waals surface area contributed by atoms with Crippen LogP contribution < -0.4 is 29.6 Å². The van der Waals surface area contributed by atoms with E-state index in [1.54, 1.807) is 0 Å². The molecule has 0 aromatic carbocycles. The standard InChI is InChI=1S/C5H5F3O3.Na.H/c1-2-3(9)11-4(10)5(6,7)8;;/h2H2,1H3;;/q;+1;-1. The van der Waals surface area contributed by atoms with E-state index in [4.69, 9.17) is 0 Å². The van der Waals surface area contributed by atoms with E-state index in [1.807, 2.05) is 0 Å². The zero-order valence-electron chi connectivity index (χ0n) is 7.57. The normalized spacial score (nSPS) is 10.0. The summed E-state index contributed by atoms with van der Waals surface area (Å²) in [4.78, 5) is 20.0. The molecule has 0 aliphatic carbocycles. The fourth-order valence-corrected chi connectivity index (χ4v) is 0.233. The first kappa shape index (κ1) is 14.5. The van der Waals surface area contributed by atoms with Gasteiger partial charge in [0, 0.05) is 6.42 Å². The van der Waals surface area contributed by atoms with Crippen LogP contribution in [0.4, 0.5) is 13.2 Å². The molecule has 0 unspecified atom stereocenters. The van der Waals surface area contributed by atoms with Crippen LogP contribution in [-0.4, -0.2) is 18.1 Å². The quantitative estimate of drug-likeness (QED) is 0.279. The van der Waals surface area contributed by atoms with Crippen molar-refractivity contribution < 1.29 is 58.5 Å². The van der Waals surface area contributed by atoms with Gasteiger partial charge in [-0.05, 0) is 0 Å². The molecule has 0 radical (unpaired) electrons. The maximum Gasteiger partial charge on any atom is 1.00 e. The van der Waals surface area contributed by atoms with Crippen molar-refractivity contribution in [1.29, 1.82) is 0 Å². The predicted octanol–water partition coefficient (Wildman–Crippen LogP) is -1.85. The second-order valence-corrected chi connectivity index (χ2v) is 1.61. The number of hydrogen-bond acceptors (Lipinski definition) is 3. The maximum atomic E-state index is 11.3. The Morgan fingerprint density at radius 1 is 1.42 bits per heavy atom. The summed E-state index contributed by atoms with van der Waals surface area (Å²) in [6, 6.07) is 0. The zero-order chi connectivity index (χ0) is 9.07. The number of halogens is 3. The van der Waals surface area contributed by atoms with Gasteiger partial charge < -0.3 is 6.16 Å². The van der Waals surface area contributed by atoms with Crippen molar-refractivity contribution >= 4 is 11.9 Å². The van der Waals surface area contributed by atoms with Gasteiger partial charge in [0.2, 0.25) is 0 Å². The SMILES string of the molecule is CCC(=O)OC(=O)C(F)(F)F.[H-].[Na+]. The molecule has 12 heavy (non-hydrogen) atoms.